The van der Waals surface area contributed by atoms with Gasteiger partial charge in [0, 0.05) is 24.8 Å². The zero-order chi connectivity index (χ0) is 13.1. The van der Waals surface area contributed by atoms with Crippen molar-refractivity contribution in [2.45, 2.75) is 26.3 Å². The third-order valence-electron chi connectivity index (χ3n) is 3.38. The summed E-state index contributed by atoms with van der Waals surface area (Å²) in [6.07, 6.45) is 4.08. The number of Topliss-reactive ketones (excluding diaryl/α,β-unsaturated/α-hetero) is 1. The molecule has 1 N–H and O–H groups in total. The summed E-state index contributed by atoms with van der Waals surface area (Å²) in [6, 6.07) is 1.45. The summed E-state index contributed by atoms with van der Waals surface area (Å²) in [5, 5.41) is 9.11. The quantitative estimate of drug-likeness (QED) is 0.804. The number of carboxylic acids is 1. The van der Waals surface area contributed by atoms with Crippen LogP contribution < -0.4 is 0 Å². The fourth-order valence-corrected chi connectivity index (χ4v) is 2.32. The average Bonchev–Trinajstić information content (AvgIpc) is 2.95. The molecule has 0 atom stereocenters. The second-order valence-electron chi connectivity index (χ2n) is 4.72. The van der Waals surface area contributed by atoms with Crippen LogP contribution >= 0.6 is 0 Å². The highest BCUT2D eigenvalue weighted by molar-refractivity contribution is 5.97. The monoisotopic (exact) mass is 250 g/mol. The van der Waals surface area contributed by atoms with Crippen LogP contribution in [0.3, 0.4) is 0 Å². The van der Waals surface area contributed by atoms with Crippen molar-refractivity contribution in [1.82, 2.24) is 9.47 Å². The minimum Gasteiger partial charge on any atom is -0.477 e. The highest BCUT2D eigenvalue weighted by atomic mass is 16.4. The molecular weight excluding hydrogens is 232 g/mol. The number of carboxylic acid groups (broad SMARTS) is 1. The van der Waals surface area contributed by atoms with Crippen molar-refractivity contribution in [2.75, 3.05) is 19.6 Å². The summed E-state index contributed by atoms with van der Waals surface area (Å²) in [4.78, 5) is 24.7. The normalized spacial score (nSPS) is 16.1. The Hall–Kier alpha value is -1.62. The van der Waals surface area contributed by atoms with E-state index in [-0.39, 0.29) is 11.5 Å². The van der Waals surface area contributed by atoms with Crippen LogP contribution in [0.5, 0.6) is 0 Å². The second-order valence-corrected chi connectivity index (χ2v) is 4.72. The minimum atomic E-state index is -0.982. The fraction of sp³-hybridized carbons (Fsp3) is 0.538. The lowest BCUT2D eigenvalue weighted by atomic mass is 10.2. The Morgan fingerprint density at radius 2 is 1.94 bits per heavy atom. The van der Waals surface area contributed by atoms with Gasteiger partial charge >= 0.3 is 5.97 Å². The number of hydrogen-bond donors (Lipinski definition) is 1. The lowest BCUT2D eigenvalue weighted by molar-refractivity contribution is 0.0684. The molecule has 0 unspecified atom stereocenters. The molecule has 0 amide bonds. The number of likely N-dealkylation sites (tertiary alicyclic amines) is 1. The first kappa shape index (κ1) is 12.8. The van der Waals surface area contributed by atoms with E-state index in [1.165, 1.54) is 25.8 Å². The van der Waals surface area contributed by atoms with Crippen molar-refractivity contribution in [3.8, 4) is 0 Å². The van der Waals surface area contributed by atoms with Crippen molar-refractivity contribution in [3.05, 3.63) is 23.5 Å². The molecule has 1 saturated heterocycles. The van der Waals surface area contributed by atoms with Gasteiger partial charge in [-0.15, -0.1) is 0 Å². The predicted octanol–water partition coefficient (Wildman–Crippen LogP) is 1.48. The van der Waals surface area contributed by atoms with Crippen molar-refractivity contribution >= 4 is 11.8 Å². The molecule has 0 radical (unpaired) electrons. The Balaban J connectivity index is 2.09. The SMILES string of the molecule is CC(=O)c1cc(C(=O)O)n(CCN2CCCC2)c1. The molecule has 18 heavy (non-hydrogen) atoms. The molecular formula is C13H18N2O3. The van der Waals surface area contributed by atoms with Crippen molar-refractivity contribution in [1.29, 1.82) is 0 Å². The molecule has 5 nitrogen and oxygen atoms in total. The van der Waals surface area contributed by atoms with E-state index in [9.17, 15) is 9.59 Å². The van der Waals surface area contributed by atoms with Gasteiger partial charge in [0.2, 0.25) is 0 Å². The maximum atomic E-state index is 11.3. The Morgan fingerprint density at radius 3 is 2.50 bits per heavy atom. The molecule has 1 aromatic heterocycles. The van der Waals surface area contributed by atoms with Crippen LogP contribution in [-0.2, 0) is 6.54 Å². The van der Waals surface area contributed by atoms with Crippen LogP contribution in [-0.4, -0.2) is 46.0 Å². The highest BCUT2D eigenvalue weighted by Gasteiger charge is 2.16. The van der Waals surface area contributed by atoms with Crippen molar-refractivity contribution < 1.29 is 14.7 Å². The lowest BCUT2D eigenvalue weighted by Crippen LogP contribution is -2.25. The molecule has 1 aliphatic heterocycles. The van der Waals surface area contributed by atoms with Gasteiger partial charge in [-0.1, -0.05) is 0 Å². The maximum Gasteiger partial charge on any atom is 0.352 e. The summed E-state index contributed by atoms with van der Waals surface area (Å²) in [5.74, 6) is -1.08. The van der Waals surface area contributed by atoms with E-state index < -0.39 is 5.97 Å². The van der Waals surface area contributed by atoms with E-state index in [1.54, 1.807) is 10.8 Å². The van der Waals surface area contributed by atoms with E-state index >= 15 is 0 Å². The summed E-state index contributed by atoms with van der Waals surface area (Å²) < 4.78 is 1.66. The molecule has 0 saturated carbocycles. The first-order valence-electron chi connectivity index (χ1n) is 6.24. The molecule has 0 spiro atoms. The Labute approximate surface area is 106 Å². The van der Waals surface area contributed by atoms with Crippen LogP contribution in [0.4, 0.5) is 0 Å². The molecule has 5 heteroatoms. The fourth-order valence-electron chi connectivity index (χ4n) is 2.32. The number of rotatable bonds is 5. The Kier molecular flexibility index (Phi) is 3.81. The third-order valence-corrected chi connectivity index (χ3v) is 3.38. The van der Waals surface area contributed by atoms with Gasteiger partial charge < -0.3 is 14.6 Å². The van der Waals surface area contributed by atoms with E-state index in [4.69, 9.17) is 5.11 Å². The van der Waals surface area contributed by atoms with Gasteiger partial charge in [0.15, 0.2) is 5.78 Å². The number of ketones is 1. The summed E-state index contributed by atoms with van der Waals surface area (Å²) in [7, 11) is 0. The zero-order valence-electron chi connectivity index (χ0n) is 10.6. The Bertz CT molecular complexity index is 459. The molecule has 0 aliphatic carbocycles. The van der Waals surface area contributed by atoms with Crippen LogP contribution in [0.15, 0.2) is 12.3 Å². The summed E-state index contributed by atoms with van der Waals surface area (Å²) in [6.45, 7) is 5.08. The molecule has 1 aromatic rings. The van der Waals surface area contributed by atoms with Gasteiger partial charge in [0.1, 0.15) is 5.69 Å². The van der Waals surface area contributed by atoms with Crippen LogP contribution in [0, 0.1) is 0 Å². The number of aromatic carboxylic acids is 1. The summed E-state index contributed by atoms with van der Waals surface area (Å²) >= 11 is 0. The molecule has 2 heterocycles. The minimum absolute atomic E-state index is 0.0996. The molecule has 0 aromatic carbocycles. The van der Waals surface area contributed by atoms with E-state index in [1.807, 2.05) is 0 Å². The smallest absolute Gasteiger partial charge is 0.352 e. The van der Waals surface area contributed by atoms with E-state index in [0.717, 1.165) is 19.6 Å². The number of nitrogens with zero attached hydrogens (tertiary/aromatic N) is 2. The van der Waals surface area contributed by atoms with E-state index in [0.29, 0.717) is 12.1 Å². The topological polar surface area (TPSA) is 62.5 Å². The van der Waals surface area contributed by atoms with Gasteiger partial charge in [-0.05, 0) is 38.9 Å². The Morgan fingerprint density at radius 1 is 1.28 bits per heavy atom. The van der Waals surface area contributed by atoms with Gasteiger partial charge in [0.05, 0.1) is 0 Å². The molecule has 2 rings (SSSR count). The van der Waals surface area contributed by atoms with Gasteiger partial charge in [-0.3, -0.25) is 4.79 Å². The maximum absolute atomic E-state index is 11.3. The van der Waals surface area contributed by atoms with E-state index in [2.05, 4.69) is 4.90 Å². The van der Waals surface area contributed by atoms with Crippen LogP contribution in [0.1, 0.15) is 40.6 Å². The largest absolute Gasteiger partial charge is 0.477 e. The highest BCUT2D eigenvalue weighted by Crippen LogP contribution is 2.12. The molecule has 98 valence electrons. The van der Waals surface area contributed by atoms with Crippen molar-refractivity contribution in [3.63, 3.8) is 0 Å². The lowest BCUT2D eigenvalue weighted by Gasteiger charge is -2.15. The van der Waals surface area contributed by atoms with Gasteiger partial charge in [0.25, 0.3) is 0 Å². The zero-order valence-corrected chi connectivity index (χ0v) is 10.6. The third kappa shape index (κ3) is 2.79. The number of carbonyl (C=O) groups excluding carboxylic acids is 1. The number of carbonyl (C=O) groups is 2. The first-order chi connectivity index (χ1) is 8.58. The van der Waals surface area contributed by atoms with Gasteiger partial charge in [-0.2, -0.15) is 0 Å². The van der Waals surface area contributed by atoms with Crippen LogP contribution in [0.2, 0.25) is 0 Å². The number of hydrogen-bond acceptors (Lipinski definition) is 3. The molecule has 1 fully saturated rings. The molecule has 0 bridgehead atoms. The second kappa shape index (κ2) is 5.35. The predicted molar refractivity (Wildman–Crippen MR) is 67.1 cm³/mol. The van der Waals surface area contributed by atoms with Crippen LogP contribution in [0.25, 0.3) is 0 Å². The van der Waals surface area contributed by atoms with Crippen molar-refractivity contribution in [2.24, 2.45) is 0 Å². The van der Waals surface area contributed by atoms with Gasteiger partial charge in [-0.25, -0.2) is 4.79 Å². The molecule has 1 aliphatic rings. The average molecular weight is 250 g/mol. The number of aromatic nitrogens is 1. The first-order valence-corrected chi connectivity index (χ1v) is 6.24. The summed E-state index contributed by atoms with van der Waals surface area (Å²) in [5.41, 5.74) is 0.660. The standard InChI is InChI=1S/C13H18N2O3/c1-10(16)11-8-12(13(17)18)15(9-11)7-6-14-4-2-3-5-14/h8-9H,2-7H2,1H3,(H,17,18).